The van der Waals surface area contributed by atoms with Crippen molar-refractivity contribution < 1.29 is 23.4 Å². The fourth-order valence-electron chi connectivity index (χ4n) is 2.71. The van der Waals surface area contributed by atoms with Crippen LogP contribution in [0, 0.1) is 0 Å². The molecule has 0 saturated carbocycles. The Morgan fingerprint density at radius 2 is 1.60 bits per heavy atom. The van der Waals surface area contributed by atoms with Gasteiger partial charge in [-0.3, -0.25) is 4.79 Å². The molecule has 130 valence electrons. The third-order valence-corrected chi connectivity index (χ3v) is 3.91. The van der Waals surface area contributed by atoms with E-state index in [0.717, 1.165) is 0 Å². The lowest BCUT2D eigenvalue weighted by atomic mass is 10.1. The van der Waals surface area contributed by atoms with Crippen LogP contribution in [0.1, 0.15) is 0 Å². The molecule has 0 spiro atoms. The van der Waals surface area contributed by atoms with Crippen molar-refractivity contribution in [3.05, 3.63) is 46.6 Å². The molecule has 0 aliphatic carbocycles. The average Bonchev–Trinajstić information content (AvgIpc) is 2.66. The van der Waals surface area contributed by atoms with E-state index in [1.165, 1.54) is 21.3 Å². The summed E-state index contributed by atoms with van der Waals surface area (Å²) in [6.45, 7) is 0. The molecule has 3 aromatic rings. The zero-order valence-corrected chi connectivity index (χ0v) is 14.4. The molecule has 3 rings (SSSR count). The number of fused-ring (bicyclic) bond motifs is 1. The van der Waals surface area contributed by atoms with Gasteiger partial charge < -0.3 is 23.4 Å². The van der Waals surface area contributed by atoms with Crippen molar-refractivity contribution in [3.8, 4) is 34.3 Å². The lowest BCUT2D eigenvalue weighted by Crippen LogP contribution is -2.08. The second kappa shape index (κ2) is 6.76. The summed E-state index contributed by atoms with van der Waals surface area (Å²) in [6.07, 6.45) is 0. The number of rotatable bonds is 5. The first-order valence-corrected chi connectivity index (χ1v) is 7.54. The molecule has 0 bridgehead atoms. The maximum Gasteiger partial charge on any atom is 0.235 e. The van der Waals surface area contributed by atoms with Crippen LogP contribution in [0.5, 0.6) is 23.0 Å². The van der Waals surface area contributed by atoms with E-state index in [2.05, 4.69) is 0 Å². The third-order valence-electron chi connectivity index (χ3n) is 3.91. The van der Waals surface area contributed by atoms with E-state index < -0.39 is 0 Å². The van der Waals surface area contributed by atoms with Gasteiger partial charge >= 0.3 is 0 Å². The van der Waals surface area contributed by atoms with Gasteiger partial charge in [0.25, 0.3) is 0 Å². The summed E-state index contributed by atoms with van der Waals surface area (Å²) in [5.74, 6) is 1.92. The molecule has 0 aliphatic heterocycles. The van der Waals surface area contributed by atoms with E-state index in [4.69, 9.17) is 23.4 Å². The number of hydrogen-bond donors (Lipinski definition) is 0. The van der Waals surface area contributed by atoms with E-state index in [1.54, 1.807) is 43.5 Å². The highest BCUT2D eigenvalue weighted by molar-refractivity contribution is 5.85. The number of hydrogen-bond acceptors (Lipinski definition) is 6. The van der Waals surface area contributed by atoms with Crippen molar-refractivity contribution in [2.45, 2.75) is 0 Å². The Bertz CT molecular complexity index is 974. The van der Waals surface area contributed by atoms with E-state index in [1.807, 2.05) is 0 Å². The van der Waals surface area contributed by atoms with E-state index >= 15 is 0 Å². The van der Waals surface area contributed by atoms with Gasteiger partial charge in [0, 0.05) is 0 Å². The standard InChI is InChI=1S/C19H18O6/c1-21-11-8-9-14-13(10-11)16(20)19(24-4)18(25-14)12-6-5-7-15(22-2)17(12)23-3/h5-10H,1-4H3. The van der Waals surface area contributed by atoms with Crippen molar-refractivity contribution in [1.29, 1.82) is 0 Å². The molecule has 25 heavy (non-hydrogen) atoms. The van der Waals surface area contributed by atoms with Crippen LogP contribution < -0.4 is 24.4 Å². The zero-order valence-electron chi connectivity index (χ0n) is 14.4. The van der Waals surface area contributed by atoms with Crippen LogP contribution in [0.25, 0.3) is 22.3 Å². The molecule has 1 heterocycles. The first kappa shape index (κ1) is 16.7. The second-order valence-corrected chi connectivity index (χ2v) is 5.20. The quantitative estimate of drug-likeness (QED) is 0.707. The fourth-order valence-corrected chi connectivity index (χ4v) is 2.71. The highest BCUT2D eigenvalue weighted by atomic mass is 16.5. The highest BCUT2D eigenvalue weighted by Crippen LogP contribution is 2.41. The molecule has 0 saturated heterocycles. The molecule has 0 fully saturated rings. The minimum Gasteiger partial charge on any atom is -0.497 e. The predicted molar refractivity (Wildman–Crippen MR) is 94.1 cm³/mol. The molecule has 1 aromatic heterocycles. The van der Waals surface area contributed by atoms with E-state index in [9.17, 15) is 4.79 Å². The van der Waals surface area contributed by atoms with Crippen molar-refractivity contribution in [3.63, 3.8) is 0 Å². The summed E-state index contributed by atoms with van der Waals surface area (Å²) in [5.41, 5.74) is 0.697. The number of para-hydroxylation sites is 1. The number of methoxy groups -OCH3 is 4. The molecule has 0 atom stereocenters. The number of benzene rings is 2. The minimum atomic E-state index is -0.289. The second-order valence-electron chi connectivity index (χ2n) is 5.20. The average molecular weight is 342 g/mol. The van der Waals surface area contributed by atoms with Gasteiger partial charge in [0.1, 0.15) is 11.3 Å². The van der Waals surface area contributed by atoms with Gasteiger partial charge in [0.05, 0.1) is 39.4 Å². The summed E-state index contributed by atoms with van der Waals surface area (Å²) < 4.78 is 27.3. The summed E-state index contributed by atoms with van der Waals surface area (Å²) >= 11 is 0. The Morgan fingerprint density at radius 1 is 0.840 bits per heavy atom. The van der Waals surface area contributed by atoms with Gasteiger partial charge in [-0.1, -0.05) is 6.07 Å². The van der Waals surface area contributed by atoms with Gasteiger partial charge in [-0.15, -0.1) is 0 Å². The van der Waals surface area contributed by atoms with Crippen molar-refractivity contribution in [2.24, 2.45) is 0 Å². The molecular formula is C19H18O6. The summed E-state index contributed by atoms with van der Waals surface area (Å²) in [6, 6.07) is 10.4. The minimum absolute atomic E-state index is 0.0901. The molecule has 0 N–H and O–H groups in total. The van der Waals surface area contributed by atoms with E-state index in [0.29, 0.717) is 33.8 Å². The van der Waals surface area contributed by atoms with Crippen LogP contribution in [0.4, 0.5) is 0 Å². The first-order chi connectivity index (χ1) is 12.1. The highest BCUT2D eigenvalue weighted by Gasteiger charge is 2.22. The Hall–Kier alpha value is -3.15. The summed E-state index contributed by atoms with van der Waals surface area (Å²) in [5, 5.41) is 0.377. The Balaban J connectivity index is 2.36. The Kier molecular flexibility index (Phi) is 4.52. The molecule has 2 aromatic carbocycles. The smallest absolute Gasteiger partial charge is 0.235 e. The lowest BCUT2D eigenvalue weighted by Gasteiger charge is -2.14. The molecule has 0 amide bonds. The molecular weight excluding hydrogens is 324 g/mol. The lowest BCUT2D eigenvalue weighted by molar-refractivity contribution is 0.354. The molecule has 0 radical (unpaired) electrons. The monoisotopic (exact) mass is 342 g/mol. The van der Waals surface area contributed by atoms with Crippen LogP contribution in [-0.2, 0) is 0 Å². The summed E-state index contributed by atoms with van der Waals surface area (Å²) in [7, 11) is 6.03. The van der Waals surface area contributed by atoms with Crippen LogP contribution in [0.3, 0.4) is 0 Å². The maximum absolute atomic E-state index is 12.9. The number of ether oxygens (including phenoxy) is 4. The van der Waals surface area contributed by atoms with Crippen LogP contribution in [0.2, 0.25) is 0 Å². The summed E-state index contributed by atoms with van der Waals surface area (Å²) in [4.78, 5) is 12.9. The normalized spacial score (nSPS) is 10.6. The van der Waals surface area contributed by atoms with Crippen LogP contribution >= 0.6 is 0 Å². The fraction of sp³-hybridized carbons (Fsp3) is 0.211. The largest absolute Gasteiger partial charge is 0.497 e. The zero-order chi connectivity index (χ0) is 18.0. The van der Waals surface area contributed by atoms with Crippen molar-refractivity contribution in [2.75, 3.05) is 28.4 Å². The van der Waals surface area contributed by atoms with Crippen molar-refractivity contribution >= 4 is 11.0 Å². The molecule has 6 heteroatoms. The van der Waals surface area contributed by atoms with Crippen molar-refractivity contribution in [1.82, 2.24) is 0 Å². The van der Waals surface area contributed by atoms with Gasteiger partial charge in [-0.25, -0.2) is 0 Å². The predicted octanol–water partition coefficient (Wildman–Crippen LogP) is 3.49. The van der Waals surface area contributed by atoms with E-state index in [-0.39, 0.29) is 16.9 Å². The molecule has 0 unspecified atom stereocenters. The van der Waals surface area contributed by atoms with Gasteiger partial charge in [0.2, 0.25) is 11.2 Å². The van der Waals surface area contributed by atoms with Crippen LogP contribution in [-0.4, -0.2) is 28.4 Å². The maximum atomic E-state index is 12.9. The SMILES string of the molecule is COc1ccc2oc(-c3cccc(OC)c3OC)c(OC)c(=O)c2c1. The van der Waals surface area contributed by atoms with Gasteiger partial charge in [-0.2, -0.15) is 0 Å². The molecule has 0 aliphatic rings. The van der Waals surface area contributed by atoms with Gasteiger partial charge in [-0.05, 0) is 30.3 Å². The van der Waals surface area contributed by atoms with Gasteiger partial charge in [0.15, 0.2) is 17.3 Å². The third kappa shape index (κ3) is 2.76. The van der Waals surface area contributed by atoms with Crippen LogP contribution in [0.15, 0.2) is 45.6 Å². The first-order valence-electron chi connectivity index (χ1n) is 7.54. The molecule has 6 nitrogen and oxygen atoms in total. The topological polar surface area (TPSA) is 67.1 Å². The Morgan fingerprint density at radius 3 is 2.24 bits per heavy atom. The Labute approximate surface area is 144 Å².